The molecule has 1 aromatic carbocycles. The number of piperazine rings is 1. The van der Waals surface area contributed by atoms with E-state index in [0.29, 0.717) is 17.6 Å². The van der Waals surface area contributed by atoms with Crippen LogP contribution in [0.25, 0.3) is 0 Å². The molecule has 0 bridgehead atoms. The van der Waals surface area contributed by atoms with E-state index in [1.54, 1.807) is 11.0 Å². The molecule has 1 N–H and O–H groups in total. The van der Waals surface area contributed by atoms with Crippen LogP contribution in [-0.2, 0) is 0 Å². The van der Waals surface area contributed by atoms with E-state index in [-0.39, 0.29) is 29.9 Å². The zero-order valence-electron chi connectivity index (χ0n) is 9.95. The summed E-state index contributed by atoms with van der Waals surface area (Å²) in [7, 11) is 0. The van der Waals surface area contributed by atoms with Gasteiger partial charge in [-0.25, -0.2) is 4.39 Å². The van der Waals surface area contributed by atoms with Gasteiger partial charge in [0.15, 0.2) is 0 Å². The molecule has 100 valence electrons. The van der Waals surface area contributed by atoms with Crippen molar-refractivity contribution in [2.45, 2.75) is 13.0 Å². The van der Waals surface area contributed by atoms with Gasteiger partial charge in [-0.2, -0.15) is 0 Å². The van der Waals surface area contributed by atoms with Gasteiger partial charge in [0.2, 0.25) is 0 Å². The Morgan fingerprint density at radius 1 is 1.56 bits per heavy atom. The van der Waals surface area contributed by atoms with Crippen molar-refractivity contribution in [3.63, 3.8) is 0 Å². The van der Waals surface area contributed by atoms with Gasteiger partial charge in [0.05, 0.1) is 5.56 Å². The highest BCUT2D eigenvalue weighted by molar-refractivity contribution is 9.10. The summed E-state index contributed by atoms with van der Waals surface area (Å²) in [5.74, 6) is -0.709. The molecule has 3 nitrogen and oxygen atoms in total. The molecular formula is C12H15BrClFN2O. The third-order valence-electron chi connectivity index (χ3n) is 2.82. The molecule has 1 heterocycles. The monoisotopic (exact) mass is 336 g/mol. The molecule has 1 atom stereocenters. The van der Waals surface area contributed by atoms with Crippen molar-refractivity contribution in [2.24, 2.45) is 0 Å². The fraction of sp³-hybridized carbons (Fsp3) is 0.417. The molecule has 1 fully saturated rings. The molecule has 0 spiro atoms. The van der Waals surface area contributed by atoms with Gasteiger partial charge in [-0.05, 0) is 25.1 Å². The molecule has 18 heavy (non-hydrogen) atoms. The molecule has 1 saturated heterocycles. The Kier molecular flexibility index (Phi) is 5.56. The third-order valence-corrected chi connectivity index (χ3v) is 3.31. The Labute approximate surface area is 120 Å². The minimum atomic E-state index is -0.476. The summed E-state index contributed by atoms with van der Waals surface area (Å²) in [6.45, 7) is 4.01. The van der Waals surface area contributed by atoms with Crippen LogP contribution in [0.2, 0.25) is 0 Å². The Hall–Kier alpha value is -0.650. The van der Waals surface area contributed by atoms with E-state index in [0.717, 1.165) is 6.54 Å². The molecule has 1 aromatic rings. The summed E-state index contributed by atoms with van der Waals surface area (Å²) >= 11 is 3.18. The summed E-state index contributed by atoms with van der Waals surface area (Å²) < 4.78 is 14.3. The van der Waals surface area contributed by atoms with Crippen LogP contribution in [0.1, 0.15) is 17.3 Å². The quantitative estimate of drug-likeness (QED) is 0.854. The van der Waals surface area contributed by atoms with E-state index in [2.05, 4.69) is 21.2 Å². The Morgan fingerprint density at radius 2 is 2.28 bits per heavy atom. The maximum absolute atomic E-state index is 13.7. The van der Waals surface area contributed by atoms with Crippen LogP contribution >= 0.6 is 28.3 Å². The Balaban J connectivity index is 0.00000162. The SMILES string of the molecule is C[C@@H]1CN(C(=O)c2ccc(Br)cc2F)CCN1.Cl. The summed E-state index contributed by atoms with van der Waals surface area (Å²) in [5, 5.41) is 3.25. The number of amides is 1. The summed E-state index contributed by atoms with van der Waals surface area (Å²) in [6, 6.07) is 4.78. The number of carbonyl (C=O) groups is 1. The number of nitrogens with one attached hydrogen (secondary N) is 1. The number of hydrogen-bond acceptors (Lipinski definition) is 2. The second-order valence-electron chi connectivity index (χ2n) is 4.23. The van der Waals surface area contributed by atoms with Crippen molar-refractivity contribution >= 4 is 34.2 Å². The molecular weight excluding hydrogens is 322 g/mol. The van der Waals surface area contributed by atoms with Gasteiger partial charge in [-0.3, -0.25) is 4.79 Å². The predicted molar refractivity (Wildman–Crippen MR) is 74.7 cm³/mol. The molecule has 0 aromatic heterocycles. The van der Waals surface area contributed by atoms with Crippen molar-refractivity contribution in [3.8, 4) is 0 Å². The average molecular weight is 338 g/mol. The van der Waals surface area contributed by atoms with Gasteiger partial charge in [-0.1, -0.05) is 15.9 Å². The van der Waals surface area contributed by atoms with Crippen LogP contribution in [-0.4, -0.2) is 36.5 Å². The van der Waals surface area contributed by atoms with Crippen molar-refractivity contribution in [1.82, 2.24) is 10.2 Å². The lowest BCUT2D eigenvalue weighted by atomic mass is 10.1. The van der Waals surface area contributed by atoms with Crippen molar-refractivity contribution < 1.29 is 9.18 Å². The van der Waals surface area contributed by atoms with Gasteiger partial charge in [0, 0.05) is 30.1 Å². The van der Waals surface area contributed by atoms with E-state index in [1.165, 1.54) is 12.1 Å². The number of rotatable bonds is 1. The lowest BCUT2D eigenvalue weighted by Gasteiger charge is -2.32. The zero-order chi connectivity index (χ0) is 12.4. The first-order chi connectivity index (χ1) is 8.08. The normalized spacial score (nSPS) is 19.3. The number of nitrogens with zero attached hydrogens (tertiary/aromatic N) is 1. The summed E-state index contributed by atoms with van der Waals surface area (Å²) in [5.41, 5.74) is 0.141. The smallest absolute Gasteiger partial charge is 0.256 e. The minimum absolute atomic E-state index is 0. The molecule has 2 rings (SSSR count). The Bertz CT molecular complexity index is 444. The summed E-state index contributed by atoms with van der Waals surface area (Å²) in [6.07, 6.45) is 0. The fourth-order valence-electron chi connectivity index (χ4n) is 1.95. The van der Waals surface area contributed by atoms with Crippen molar-refractivity contribution in [3.05, 3.63) is 34.1 Å². The molecule has 0 aliphatic carbocycles. The lowest BCUT2D eigenvalue weighted by Crippen LogP contribution is -2.51. The van der Waals surface area contributed by atoms with Crippen molar-refractivity contribution in [1.29, 1.82) is 0 Å². The van der Waals surface area contributed by atoms with E-state index in [1.807, 2.05) is 6.92 Å². The van der Waals surface area contributed by atoms with Crippen LogP contribution in [0.15, 0.2) is 22.7 Å². The van der Waals surface area contributed by atoms with Gasteiger partial charge < -0.3 is 10.2 Å². The highest BCUT2D eigenvalue weighted by Crippen LogP contribution is 2.17. The standard InChI is InChI=1S/C12H14BrFN2O.ClH/c1-8-7-16(5-4-15-8)12(17)10-3-2-9(13)6-11(10)14;/h2-3,6,8,15H,4-5,7H2,1H3;1H/t8-;/m1./s1. The van der Waals surface area contributed by atoms with E-state index in [4.69, 9.17) is 0 Å². The molecule has 0 radical (unpaired) electrons. The number of hydrogen-bond donors (Lipinski definition) is 1. The molecule has 1 aliphatic heterocycles. The molecule has 0 unspecified atom stereocenters. The first-order valence-corrected chi connectivity index (χ1v) is 6.35. The topological polar surface area (TPSA) is 32.3 Å². The molecule has 1 amide bonds. The van der Waals surface area contributed by atoms with E-state index >= 15 is 0 Å². The Morgan fingerprint density at radius 3 is 2.89 bits per heavy atom. The molecule has 0 saturated carbocycles. The van der Waals surface area contributed by atoms with Crippen LogP contribution in [0.3, 0.4) is 0 Å². The first-order valence-electron chi connectivity index (χ1n) is 5.55. The maximum atomic E-state index is 13.7. The highest BCUT2D eigenvalue weighted by atomic mass is 79.9. The minimum Gasteiger partial charge on any atom is -0.336 e. The average Bonchev–Trinajstić information content (AvgIpc) is 2.28. The lowest BCUT2D eigenvalue weighted by molar-refractivity contribution is 0.0704. The third kappa shape index (κ3) is 3.43. The number of benzene rings is 1. The molecule has 6 heteroatoms. The summed E-state index contributed by atoms with van der Waals surface area (Å²) in [4.78, 5) is 13.8. The van der Waals surface area contributed by atoms with Gasteiger partial charge >= 0.3 is 0 Å². The second kappa shape index (κ2) is 6.50. The van der Waals surface area contributed by atoms with Crippen LogP contribution in [0, 0.1) is 5.82 Å². The highest BCUT2D eigenvalue weighted by Gasteiger charge is 2.23. The van der Waals surface area contributed by atoms with Gasteiger partial charge in [0.25, 0.3) is 5.91 Å². The number of carbonyl (C=O) groups excluding carboxylic acids is 1. The van der Waals surface area contributed by atoms with Crippen LogP contribution < -0.4 is 5.32 Å². The number of halogens is 3. The van der Waals surface area contributed by atoms with Crippen LogP contribution in [0.4, 0.5) is 4.39 Å². The van der Waals surface area contributed by atoms with E-state index in [9.17, 15) is 9.18 Å². The second-order valence-corrected chi connectivity index (χ2v) is 5.15. The van der Waals surface area contributed by atoms with Gasteiger partial charge in [-0.15, -0.1) is 12.4 Å². The largest absolute Gasteiger partial charge is 0.336 e. The van der Waals surface area contributed by atoms with E-state index < -0.39 is 5.82 Å². The van der Waals surface area contributed by atoms with Crippen molar-refractivity contribution in [2.75, 3.05) is 19.6 Å². The fourth-order valence-corrected chi connectivity index (χ4v) is 2.28. The first kappa shape index (κ1) is 15.4. The molecule has 1 aliphatic rings. The van der Waals surface area contributed by atoms with Gasteiger partial charge in [0.1, 0.15) is 5.82 Å². The zero-order valence-corrected chi connectivity index (χ0v) is 12.4. The maximum Gasteiger partial charge on any atom is 0.256 e. The van der Waals surface area contributed by atoms with Crippen LogP contribution in [0.5, 0.6) is 0 Å². The predicted octanol–water partition coefficient (Wildman–Crippen LogP) is 2.44.